The summed E-state index contributed by atoms with van der Waals surface area (Å²) < 4.78 is 34.6. The van der Waals surface area contributed by atoms with Crippen LogP contribution in [0.25, 0.3) is 0 Å². The predicted octanol–water partition coefficient (Wildman–Crippen LogP) is 2.41. The number of carbonyl (C=O) groups excluding carboxylic acids is 1. The Labute approximate surface area is 178 Å². The molecule has 2 N–H and O–H groups in total. The molecule has 166 valence electrons. The lowest BCUT2D eigenvalue weighted by Gasteiger charge is -2.40. The molecule has 2 atom stereocenters. The fourth-order valence-corrected chi connectivity index (χ4v) is 3.61. The molecule has 31 heavy (non-hydrogen) atoms. The SMILES string of the molecule is C[C@@H](C(=O)Nc1cnc(OCC2CC2)cn1)N1CCC(F)(F)[C@@H](c2ccc(=O)[nH]c2)C1. The number of anilines is 1. The van der Waals surface area contributed by atoms with Crippen molar-refractivity contribution in [3.8, 4) is 5.88 Å². The Hall–Kier alpha value is -2.88. The van der Waals surface area contributed by atoms with Crippen molar-refractivity contribution in [2.24, 2.45) is 5.92 Å². The number of halogens is 2. The maximum Gasteiger partial charge on any atom is 0.257 e. The zero-order chi connectivity index (χ0) is 22.0. The van der Waals surface area contributed by atoms with Crippen LogP contribution in [0.3, 0.4) is 0 Å². The van der Waals surface area contributed by atoms with Crippen LogP contribution in [0.4, 0.5) is 14.6 Å². The first-order valence-corrected chi connectivity index (χ1v) is 10.4. The number of aromatic nitrogens is 3. The summed E-state index contributed by atoms with van der Waals surface area (Å²) in [5, 5.41) is 2.68. The molecule has 1 amide bonds. The Balaban J connectivity index is 1.37. The van der Waals surface area contributed by atoms with Gasteiger partial charge in [0.15, 0.2) is 5.82 Å². The van der Waals surface area contributed by atoms with Gasteiger partial charge in [0.05, 0.1) is 31.0 Å². The first-order chi connectivity index (χ1) is 14.8. The summed E-state index contributed by atoms with van der Waals surface area (Å²) in [5.41, 5.74) is -0.00731. The minimum atomic E-state index is -2.92. The molecule has 4 rings (SSSR count). The Bertz CT molecular complexity index is 957. The van der Waals surface area contributed by atoms with Crippen molar-refractivity contribution < 1.29 is 18.3 Å². The average molecular weight is 433 g/mol. The topological polar surface area (TPSA) is 100 Å². The number of pyridine rings is 1. The molecule has 1 aliphatic heterocycles. The number of H-pyrrole nitrogens is 1. The predicted molar refractivity (Wildman–Crippen MR) is 109 cm³/mol. The van der Waals surface area contributed by atoms with Gasteiger partial charge in [0, 0.05) is 31.8 Å². The van der Waals surface area contributed by atoms with Gasteiger partial charge in [-0.2, -0.15) is 0 Å². The van der Waals surface area contributed by atoms with E-state index in [1.54, 1.807) is 11.8 Å². The quantitative estimate of drug-likeness (QED) is 0.696. The van der Waals surface area contributed by atoms with E-state index >= 15 is 0 Å². The third kappa shape index (κ3) is 5.25. The van der Waals surface area contributed by atoms with E-state index in [4.69, 9.17) is 4.74 Å². The monoisotopic (exact) mass is 433 g/mol. The van der Waals surface area contributed by atoms with Crippen molar-refractivity contribution in [3.63, 3.8) is 0 Å². The number of hydrogen-bond donors (Lipinski definition) is 2. The number of rotatable bonds is 7. The van der Waals surface area contributed by atoms with E-state index in [1.165, 1.54) is 43.6 Å². The van der Waals surface area contributed by atoms with Gasteiger partial charge in [-0.15, -0.1) is 0 Å². The zero-order valence-corrected chi connectivity index (χ0v) is 17.2. The number of nitrogens with one attached hydrogen (secondary N) is 2. The van der Waals surface area contributed by atoms with Crippen molar-refractivity contribution in [3.05, 3.63) is 46.6 Å². The van der Waals surface area contributed by atoms with Gasteiger partial charge in [-0.25, -0.2) is 18.7 Å². The van der Waals surface area contributed by atoms with Crippen LogP contribution < -0.4 is 15.6 Å². The lowest BCUT2D eigenvalue weighted by molar-refractivity contribution is -0.125. The minimum absolute atomic E-state index is 0.00669. The van der Waals surface area contributed by atoms with Gasteiger partial charge in [-0.1, -0.05) is 6.07 Å². The van der Waals surface area contributed by atoms with Crippen LogP contribution in [0.2, 0.25) is 0 Å². The molecule has 1 saturated heterocycles. The lowest BCUT2D eigenvalue weighted by Crippen LogP contribution is -2.52. The Morgan fingerprint density at radius 1 is 1.35 bits per heavy atom. The molecule has 0 aromatic carbocycles. The Kier molecular flexibility index (Phi) is 5.99. The molecule has 2 aromatic heterocycles. The molecule has 0 bridgehead atoms. The first-order valence-electron chi connectivity index (χ1n) is 10.4. The number of aromatic amines is 1. The highest BCUT2D eigenvalue weighted by atomic mass is 19.3. The fraction of sp³-hybridized carbons (Fsp3) is 0.524. The van der Waals surface area contributed by atoms with E-state index in [9.17, 15) is 18.4 Å². The Morgan fingerprint density at radius 3 is 2.81 bits per heavy atom. The normalized spacial score (nSPS) is 22.0. The molecule has 2 aromatic rings. The van der Waals surface area contributed by atoms with Crippen LogP contribution in [-0.4, -0.2) is 57.4 Å². The molecule has 10 heteroatoms. The van der Waals surface area contributed by atoms with Gasteiger partial charge in [0.1, 0.15) is 0 Å². The summed E-state index contributed by atoms with van der Waals surface area (Å²) in [4.78, 5) is 36.4. The summed E-state index contributed by atoms with van der Waals surface area (Å²) in [5.74, 6) is -3.12. The van der Waals surface area contributed by atoms with Gasteiger partial charge in [0.2, 0.25) is 17.3 Å². The van der Waals surface area contributed by atoms with E-state index in [2.05, 4.69) is 20.3 Å². The number of nitrogens with zero attached hydrogens (tertiary/aromatic N) is 3. The first kappa shape index (κ1) is 21.4. The lowest BCUT2D eigenvalue weighted by atomic mass is 9.87. The summed E-state index contributed by atoms with van der Waals surface area (Å²) in [6.45, 7) is 2.37. The van der Waals surface area contributed by atoms with E-state index in [0.717, 1.165) is 0 Å². The summed E-state index contributed by atoms with van der Waals surface area (Å²) in [6, 6.07) is 2.00. The number of carbonyl (C=O) groups is 1. The molecule has 2 fully saturated rings. The molecule has 1 saturated carbocycles. The van der Waals surface area contributed by atoms with Crippen LogP contribution in [0, 0.1) is 5.92 Å². The maximum absolute atomic E-state index is 14.5. The van der Waals surface area contributed by atoms with E-state index in [-0.39, 0.29) is 36.8 Å². The molecular formula is C21H25F2N5O3. The number of likely N-dealkylation sites (tertiary alicyclic amines) is 1. The number of alkyl halides is 2. The van der Waals surface area contributed by atoms with E-state index in [0.29, 0.717) is 24.0 Å². The van der Waals surface area contributed by atoms with Crippen molar-refractivity contribution in [1.29, 1.82) is 0 Å². The maximum atomic E-state index is 14.5. The molecule has 0 unspecified atom stereocenters. The summed E-state index contributed by atoms with van der Waals surface area (Å²) in [7, 11) is 0. The van der Waals surface area contributed by atoms with Crippen molar-refractivity contribution >= 4 is 11.7 Å². The minimum Gasteiger partial charge on any atom is -0.476 e. The second kappa shape index (κ2) is 8.70. The molecule has 8 nitrogen and oxygen atoms in total. The largest absolute Gasteiger partial charge is 0.476 e. The third-order valence-corrected chi connectivity index (χ3v) is 5.84. The van der Waals surface area contributed by atoms with Gasteiger partial charge in [-0.3, -0.25) is 14.5 Å². The molecular weight excluding hydrogens is 408 g/mol. The van der Waals surface area contributed by atoms with Gasteiger partial charge in [-0.05, 0) is 31.2 Å². The standard InChI is InChI=1S/C21H25F2N5O3/c1-13(20(30)27-17-9-26-19(10-24-17)31-12-14-2-3-14)28-7-6-21(22,23)16(11-28)15-4-5-18(29)25-8-15/h4-5,8-10,13-14,16H,2-3,6-7,11-12H2,1H3,(H,25,29)(H,24,27,30)/t13-,16+/m0/s1. The van der Waals surface area contributed by atoms with Gasteiger partial charge >= 0.3 is 0 Å². The second-order valence-corrected chi connectivity index (χ2v) is 8.20. The van der Waals surface area contributed by atoms with Crippen LogP contribution in [0.15, 0.2) is 35.5 Å². The summed E-state index contributed by atoms with van der Waals surface area (Å²) in [6.07, 6.45) is 6.16. The highest BCUT2D eigenvalue weighted by Crippen LogP contribution is 2.40. The number of amides is 1. The van der Waals surface area contributed by atoms with Gasteiger partial charge < -0.3 is 15.0 Å². The van der Waals surface area contributed by atoms with Crippen LogP contribution in [0.5, 0.6) is 5.88 Å². The van der Waals surface area contributed by atoms with E-state index in [1.807, 2.05) is 0 Å². The molecule has 1 aliphatic carbocycles. The fourth-order valence-electron chi connectivity index (χ4n) is 3.61. The highest BCUT2D eigenvalue weighted by molar-refractivity contribution is 5.93. The van der Waals surface area contributed by atoms with Crippen LogP contribution >= 0.6 is 0 Å². The summed E-state index contributed by atoms with van der Waals surface area (Å²) >= 11 is 0. The molecule has 2 aliphatic rings. The van der Waals surface area contributed by atoms with Crippen molar-refractivity contribution in [2.45, 2.75) is 44.1 Å². The van der Waals surface area contributed by atoms with Crippen LogP contribution in [0.1, 0.15) is 37.7 Å². The van der Waals surface area contributed by atoms with Crippen molar-refractivity contribution in [2.75, 3.05) is 25.0 Å². The Morgan fingerprint density at radius 2 is 2.16 bits per heavy atom. The number of piperidine rings is 1. The average Bonchev–Trinajstić information content (AvgIpc) is 3.58. The highest BCUT2D eigenvalue weighted by Gasteiger charge is 2.46. The third-order valence-electron chi connectivity index (χ3n) is 5.84. The van der Waals surface area contributed by atoms with Crippen molar-refractivity contribution in [1.82, 2.24) is 19.9 Å². The number of ether oxygens (including phenoxy) is 1. The van der Waals surface area contributed by atoms with E-state index < -0.39 is 17.9 Å². The zero-order valence-electron chi connectivity index (χ0n) is 17.2. The number of hydrogen-bond acceptors (Lipinski definition) is 6. The molecule has 0 radical (unpaired) electrons. The van der Waals surface area contributed by atoms with Gasteiger partial charge in [0.25, 0.3) is 5.92 Å². The second-order valence-electron chi connectivity index (χ2n) is 8.20. The molecule has 3 heterocycles. The molecule has 0 spiro atoms. The van der Waals surface area contributed by atoms with Crippen LogP contribution in [-0.2, 0) is 4.79 Å². The smallest absolute Gasteiger partial charge is 0.257 e.